The van der Waals surface area contributed by atoms with Crippen LogP contribution in [-0.4, -0.2) is 29.8 Å². The summed E-state index contributed by atoms with van der Waals surface area (Å²) in [5.41, 5.74) is 0. The van der Waals surface area contributed by atoms with Crippen molar-refractivity contribution in [3.8, 4) is 0 Å². The molecule has 1 fully saturated rings. The van der Waals surface area contributed by atoms with Crippen LogP contribution in [0.4, 0.5) is 4.79 Å². The van der Waals surface area contributed by atoms with Gasteiger partial charge in [0, 0.05) is 6.04 Å². The van der Waals surface area contributed by atoms with Gasteiger partial charge in [0.05, 0.1) is 5.92 Å². The van der Waals surface area contributed by atoms with Crippen LogP contribution in [0.1, 0.15) is 19.3 Å². The monoisotopic (exact) mass is 213 g/mol. The Morgan fingerprint density at radius 2 is 2.27 bits per heavy atom. The lowest BCUT2D eigenvalue weighted by molar-refractivity contribution is -0.142. The Bertz CT molecular complexity index is 264. The van der Waals surface area contributed by atoms with Gasteiger partial charge in [0.1, 0.15) is 6.61 Å². The van der Waals surface area contributed by atoms with Crippen molar-refractivity contribution < 1.29 is 19.4 Å². The molecule has 1 amide bonds. The third kappa shape index (κ3) is 3.27. The minimum atomic E-state index is -0.860. The number of carboxylic acid groups (broad SMARTS) is 1. The largest absolute Gasteiger partial charge is 0.481 e. The molecule has 0 spiro atoms. The molecule has 1 rings (SSSR count). The number of carbonyl (C=O) groups is 2. The van der Waals surface area contributed by atoms with Crippen LogP contribution in [0.25, 0.3) is 0 Å². The van der Waals surface area contributed by atoms with Gasteiger partial charge < -0.3 is 15.2 Å². The number of amides is 1. The third-order valence-electron chi connectivity index (χ3n) is 2.47. The summed E-state index contributed by atoms with van der Waals surface area (Å²) in [7, 11) is 0. The molecule has 5 heteroatoms. The number of aliphatic carboxylic acids is 1. The molecule has 0 aromatic heterocycles. The van der Waals surface area contributed by atoms with E-state index >= 15 is 0 Å². The second-order valence-corrected chi connectivity index (χ2v) is 3.51. The fraction of sp³-hybridized carbons (Fsp3) is 0.600. The first kappa shape index (κ1) is 11.6. The van der Waals surface area contributed by atoms with E-state index in [0.717, 1.165) is 6.42 Å². The maximum absolute atomic E-state index is 11.2. The SMILES string of the molecule is C=CCOC(=O)NC1CCCC1C(=O)O. The first-order valence-electron chi connectivity index (χ1n) is 4.92. The van der Waals surface area contributed by atoms with E-state index in [1.54, 1.807) is 0 Å². The number of hydrogen-bond acceptors (Lipinski definition) is 3. The lowest BCUT2D eigenvalue weighted by Gasteiger charge is -2.16. The van der Waals surface area contributed by atoms with Gasteiger partial charge in [-0.15, -0.1) is 0 Å². The van der Waals surface area contributed by atoms with E-state index in [1.807, 2.05) is 0 Å². The van der Waals surface area contributed by atoms with Gasteiger partial charge in [-0.1, -0.05) is 19.1 Å². The maximum atomic E-state index is 11.2. The molecule has 0 radical (unpaired) electrons. The van der Waals surface area contributed by atoms with Crippen LogP contribution in [0.5, 0.6) is 0 Å². The molecule has 5 nitrogen and oxygen atoms in total. The molecule has 2 unspecified atom stereocenters. The average molecular weight is 213 g/mol. The van der Waals surface area contributed by atoms with Gasteiger partial charge in [-0.2, -0.15) is 0 Å². The van der Waals surface area contributed by atoms with Crippen LogP contribution < -0.4 is 5.32 Å². The Morgan fingerprint density at radius 3 is 2.87 bits per heavy atom. The number of nitrogens with one attached hydrogen (secondary N) is 1. The van der Waals surface area contributed by atoms with Crippen LogP contribution in [0.15, 0.2) is 12.7 Å². The van der Waals surface area contributed by atoms with E-state index in [0.29, 0.717) is 12.8 Å². The molecule has 1 aliphatic rings. The first-order chi connectivity index (χ1) is 7.15. The van der Waals surface area contributed by atoms with Gasteiger partial charge in [-0.3, -0.25) is 4.79 Å². The zero-order valence-corrected chi connectivity index (χ0v) is 8.44. The average Bonchev–Trinajstić information content (AvgIpc) is 2.62. The van der Waals surface area contributed by atoms with Crippen LogP contribution in [0.3, 0.4) is 0 Å². The number of carbonyl (C=O) groups excluding carboxylic acids is 1. The molecule has 0 saturated heterocycles. The molecule has 0 heterocycles. The molecule has 84 valence electrons. The minimum absolute atomic E-state index is 0.135. The topological polar surface area (TPSA) is 75.6 Å². The summed E-state index contributed by atoms with van der Waals surface area (Å²) < 4.78 is 4.72. The Kier molecular flexibility index (Phi) is 4.15. The molecule has 1 aliphatic carbocycles. The maximum Gasteiger partial charge on any atom is 0.407 e. The Labute approximate surface area is 88.1 Å². The lowest BCUT2D eigenvalue weighted by Crippen LogP contribution is -2.40. The van der Waals surface area contributed by atoms with E-state index in [1.165, 1.54) is 6.08 Å². The third-order valence-corrected chi connectivity index (χ3v) is 2.47. The highest BCUT2D eigenvalue weighted by atomic mass is 16.5. The van der Waals surface area contributed by atoms with Crippen molar-refractivity contribution in [2.75, 3.05) is 6.61 Å². The summed E-state index contributed by atoms with van der Waals surface area (Å²) in [6.07, 6.45) is 3.02. The molecule has 15 heavy (non-hydrogen) atoms. The number of alkyl carbamates (subject to hydrolysis) is 1. The summed E-state index contributed by atoms with van der Waals surface area (Å²) in [4.78, 5) is 22.0. The van der Waals surface area contributed by atoms with Crippen molar-refractivity contribution in [3.63, 3.8) is 0 Å². The quantitative estimate of drug-likeness (QED) is 0.687. The molecular formula is C10H15NO4. The van der Waals surface area contributed by atoms with Crippen LogP contribution in [-0.2, 0) is 9.53 Å². The van der Waals surface area contributed by atoms with Gasteiger partial charge >= 0.3 is 12.1 Å². The van der Waals surface area contributed by atoms with Crippen molar-refractivity contribution in [1.82, 2.24) is 5.32 Å². The molecule has 0 aromatic rings. The Hall–Kier alpha value is -1.52. The molecule has 1 saturated carbocycles. The highest BCUT2D eigenvalue weighted by Gasteiger charge is 2.34. The summed E-state index contributed by atoms with van der Waals surface area (Å²) >= 11 is 0. The number of ether oxygens (including phenoxy) is 1. The second kappa shape index (κ2) is 5.38. The Morgan fingerprint density at radius 1 is 1.53 bits per heavy atom. The molecule has 0 bridgehead atoms. The molecular weight excluding hydrogens is 198 g/mol. The van der Waals surface area contributed by atoms with E-state index in [2.05, 4.69) is 11.9 Å². The van der Waals surface area contributed by atoms with Crippen LogP contribution >= 0.6 is 0 Å². The zero-order valence-electron chi connectivity index (χ0n) is 8.44. The van der Waals surface area contributed by atoms with Gasteiger partial charge in [0.2, 0.25) is 0 Å². The predicted octanol–water partition coefficient (Wildman–Crippen LogP) is 1.15. The van der Waals surface area contributed by atoms with E-state index in [9.17, 15) is 9.59 Å². The smallest absolute Gasteiger partial charge is 0.407 e. The number of carboxylic acids is 1. The first-order valence-corrected chi connectivity index (χ1v) is 4.92. The summed E-state index contributed by atoms with van der Waals surface area (Å²) in [5.74, 6) is -1.34. The number of rotatable bonds is 4. The molecule has 0 aromatic carbocycles. The van der Waals surface area contributed by atoms with Gasteiger partial charge in [-0.25, -0.2) is 4.79 Å². The minimum Gasteiger partial charge on any atom is -0.481 e. The van der Waals surface area contributed by atoms with Gasteiger partial charge in [-0.05, 0) is 12.8 Å². The van der Waals surface area contributed by atoms with Crippen molar-refractivity contribution in [3.05, 3.63) is 12.7 Å². The summed E-state index contributed by atoms with van der Waals surface area (Å²) in [6.45, 7) is 3.54. The van der Waals surface area contributed by atoms with E-state index in [4.69, 9.17) is 9.84 Å². The van der Waals surface area contributed by atoms with Crippen molar-refractivity contribution in [2.24, 2.45) is 5.92 Å². The summed E-state index contributed by atoms with van der Waals surface area (Å²) in [6, 6.07) is -0.306. The van der Waals surface area contributed by atoms with E-state index in [-0.39, 0.29) is 12.6 Å². The molecule has 0 aliphatic heterocycles. The molecule has 2 N–H and O–H groups in total. The summed E-state index contributed by atoms with van der Waals surface area (Å²) in [5, 5.41) is 11.4. The predicted molar refractivity (Wildman–Crippen MR) is 53.4 cm³/mol. The van der Waals surface area contributed by atoms with Crippen LogP contribution in [0.2, 0.25) is 0 Å². The highest BCUT2D eigenvalue weighted by Crippen LogP contribution is 2.25. The van der Waals surface area contributed by atoms with E-state index < -0.39 is 18.0 Å². The normalized spacial score (nSPS) is 24.5. The van der Waals surface area contributed by atoms with Gasteiger partial charge in [0.25, 0.3) is 0 Å². The second-order valence-electron chi connectivity index (χ2n) is 3.51. The van der Waals surface area contributed by atoms with Crippen LogP contribution in [0, 0.1) is 5.92 Å². The number of hydrogen-bond donors (Lipinski definition) is 2. The fourth-order valence-corrected chi connectivity index (χ4v) is 1.76. The van der Waals surface area contributed by atoms with Gasteiger partial charge in [0.15, 0.2) is 0 Å². The van der Waals surface area contributed by atoms with Crippen molar-refractivity contribution in [2.45, 2.75) is 25.3 Å². The lowest BCUT2D eigenvalue weighted by atomic mass is 10.0. The Balaban J connectivity index is 2.39. The standard InChI is InChI=1S/C10H15NO4/c1-2-6-15-10(14)11-8-5-3-4-7(8)9(12)13/h2,7-8H,1,3-6H2,(H,11,14)(H,12,13). The van der Waals surface area contributed by atoms with Crippen molar-refractivity contribution in [1.29, 1.82) is 0 Å². The highest BCUT2D eigenvalue weighted by molar-refractivity contribution is 5.74. The fourth-order valence-electron chi connectivity index (χ4n) is 1.76. The molecule has 2 atom stereocenters. The van der Waals surface area contributed by atoms with Crippen molar-refractivity contribution >= 4 is 12.1 Å². The zero-order chi connectivity index (χ0) is 11.3.